The van der Waals surface area contributed by atoms with E-state index in [-0.39, 0.29) is 17.3 Å². The molecule has 1 amide bonds. The Morgan fingerprint density at radius 3 is 2.81 bits per heavy atom. The molecule has 0 unspecified atom stereocenters. The number of hydrogen-bond acceptors (Lipinski definition) is 5. The SMILES string of the molecule is CC(=O)N=c1nc(N)c2nccnc2n1C. The van der Waals surface area contributed by atoms with Crippen molar-refractivity contribution in [3.05, 3.63) is 18.0 Å². The second-order valence-corrected chi connectivity index (χ2v) is 3.22. The smallest absolute Gasteiger partial charge is 0.245 e. The molecule has 7 nitrogen and oxygen atoms in total. The summed E-state index contributed by atoms with van der Waals surface area (Å²) >= 11 is 0. The highest BCUT2D eigenvalue weighted by atomic mass is 16.1. The van der Waals surface area contributed by atoms with E-state index in [9.17, 15) is 4.79 Å². The van der Waals surface area contributed by atoms with Gasteiger partial charge in [0.25, 0.3) is 0 Å². The Balaban J connectivity index is 2.91. The molecule has 0 spiro atoms. The van der Waals surface area contributed by atoms with Crippen molar-refractivity contribution in [2.75, 3.05) is 5.73 Å². The lowest BCUT2D eigenvalue weighted by Crippen LogP contribution is -2.25. The average Bonchev–Trinajstić information content (AvgIpc) is 2.25. The topological polar surface area (TPSA) is 99.1 Å². The van der Waals surface area contributed by atoms with Gasteiger partial charge in [-0.1, -0.05) is 0 Å². The van der Waals surface area contributed by atoms with Crippen molar-refractivity contribution in [2.45, 2.75) is 6.92 Å². The van der Waals surface area contributed by atoms with Crippen molar-refractivity contribution in [3.63, 3.8) is 0 Å². The van der Waals surface area contributed by atoms with Crippen molar-refractivity contribution < 1.29 is 4.79 Å². The standard InChI is InChI=1S/C9H10N6O/c1-5(16)13-9-14-7(10)6-8(15(9)2)12-4-3-11-6/h3-4H,1-2H3,(H2,10,13,14,16). The predicted octanol–water partition coefficient (Wildman–Crippen LogP) is -0.607. The largest absolute Gasteiger partial charge is 0.382 e. The van der Waals surface area contributed by atoms with Crippen LogP contribution in [0.2, 0.25) is 0 Å². The van der Waals surface area contributed by atoms with Crippen LogP contribution in [0, 0.1) is 0 Å². The molecule has 0 aliphatic carbocycles. The first-order valence-corrected chi connectivity index (χ1v) is 4.58. The van der Waals surface area contributed by atoms with E-state index in [4.69, 9.17) is 5.73 Å². The van der Waals surface area contributed by atoms with E-state index in [1.807, 2.05) is 0 Å². The Labute approximate surface area is 90.7 Å². The van der Waals surface area contributed by atoms with Gasteiger partial charge in [-0.15, -0.1) is 0 Å². The maximum atomic E-state index is 10.9. The summed E-state index contributed by atoms with van der Waals surface area (Å²) in [6.07, 6.45) is 3.07. The van der Waals surface area contributed by atoms with E-state index in [2.05, 4.69) is 19.9 Å². The fourth-order valence-corrected chi connectivity index (χ4v) is 1.33. The van der Waals surface area contributed by atoms with Gasteiger partial charge in [0.1, 0.15) is 5.52 Å². The maximum Gasteiger partial charge on any atom is 0.245 e. The highest BCUT2D eigenvalue weighted by Crippen LogP contribution is 2.09. The molecule has 0 aliphatic rings. The first-order chi connectivity index (χ1) is 7.59. The summed E-state index contributed by atoms with van der Waals surface area (Å²) < 4.78 is 1.57. The van der Waals surface area contributed by atoms with Crippen molar-refractivity contribution in [3.8, 4) is 0 Å². The number of carbonyl (C=O) groups excluding carboxylic acids is 1. The van der Waals surface area contributed by atoms with E-state index in [1.165, 1.54) is 13.1 Å². The van der Waals surface area contributed by atoms with Crippen LogP contribution in [0.15, 0.2) is 17.4 Å². The van der Waals surface area contributed by atoms with Gasteiger partial charge in [0, 0.05) is 26.4 Å². The van der Waals surface area contributed by atoms with Crippen LogP contribution in [0.3, 0.4) is 0 Å². The van der Waals surface area contributed by atoms with E-state index in [1.54, 1.807) is 17.8 Å². The summed E-state index contributed by atoms with van der Waals surface area (Å²) in [5, 5.41) is 0. The molecule has 0 bridgehead atoms. The summed E-state index contributed by atoms with van der Waals surface area (Å²) in [7, 11) is 1.70. The van der Waals surface area contributed by atoms with Gasteiger partial charge in [0.2, 0.25) is 11.5 Å². The third kappa shape index (κ3) is 1.62. The van der Waals surface area contributed by atoms with Crippen LogP contribution < -0.4 is 11.4 Å². The van der Waals surface area contributed by atoms with Crippen LogP contribution in [0.5, 0.6) is 0 Å². The molecule has 0 atom stereocenters. The Bertz CT molecular complexity index is 629. The van der Waals surface area contributed by atoms with E-state index in [0.717, 1.165) is 0 Å². The maximum absolute atomic E-state index is 10.9. The van der Waals surface area contributed by atoms with Crippen molar-refractivity contribution >= 4 is 22.9 Å². The minimum Gasteiger partial charge on any atom is -0.382 e. The number of nitrogen functional groups attached to an aromatic ring is 1. The molecular weight excluding hydrogens is 208 g/mol. The van der Waals surface area contributed by atoms with Crippen LogP contribution in [-0.2, 0) is 11.8 Å². The number of nitrogens with zero attached hydrogens (tertiary/aromatic N) is 5. The highest BCUT2D eigenvalue weighted by molar-refractivity contribution is 5.80. The molecular formula is C9H10N6O. The van der Waals surface area contributed by atoms with Crippen LogP contribution in [0.4, 0.5) is 5.82 Å². The molecule has 0 fully saturated rings. The molecule has 0 saturated heterocycles. The predicted molar refractivity (Wildman–Crippen MR) is 57.0 cm³/mol. The first kappa shape index (κ1) is 10.2. The first-order valence-electron chi connectivity index (χ1n) is 4.58. The number of rotatable bonds is 0. The zero-order valence-corrected chi connectivity index (χ0v) is 8.88. The molecule has 0 aliphatic heterocycles. The fraction of sp³-hybridized carbons (Fsp3) is 0.222. The van der Waals surface area contributed by atoms with E-state index >= 15 is 0 Å². The molecule has 82 valence electrons. The summed E-state index contributed by atoms with van der Waals surface area (Å²) in [6.45, 7) is 1.35. The Morgan fingerprint density at radius 1 is 1.44 bits per heavy atom. The van der Waals surface area contributed by atoms with Crippen molar-refractivity contribution in [2.24, 2.45) is 12.0 Å². The fourth-order valence-electron chi connectivity index (χ4n) is 1.33. The van der Waals surface area contributed by atoms with Gasteiger partial charge in [-0.25, -0.2) is 9.97 Å². The minimum atomic E-state index is -0.342. The minimum absolute atomic E-state index is 0.209. The van der Waals surface area contributed by atoms with Crippen LogP contribution in [0.25, 0.3) is 11.2 Å². The third-order valence-corrected chi connectivity index (χ3v) is 2.02. The summed E-state index contributed by atoms with van der Waals surface area (Å²) in [6, 6.07) is 0. The normalized spacial score (nSPS) is 12.0. The molecule has 0 aromatic carbocycles. The average molecular weight is 218 g/mol. The lowest BCUT2D eigenvalue weighted by molar-refractivity contribution is -0.116. The number of aromatic nitrogens is 4. The van der Waals surface area contributed by atoms with E-state index < -0.39 is 0 Å². The van der Waals surface area contributed by atoms with Crippen LogP contribution in [-0.4, -0.2) is 25.4 Å². The molecule has 2 aromatic heterocycles. The van der Waals surface area contributed by atoms with Crippen molar-refractivity contribution in [1.82, 2.24) is 19.5 Å². The summed E-state index contributed by atoms with van der Waals surface area (Å²) in [4.78, 5) is 26.8. The molecule has 2 rings (SSSR count). The quantitative estimate of drug-likeness (QED) is 0.636. The number of amides is 1. The van der Waals surface area contributed by atoms with Gasteiger partial charge in [-0.05, 0) is 0 Å². The zero-order valence-electron chi connectivity index (χ0n) is 8.88. The van der Waals surface area contributed by atoms with Gasteiger partial charge < -0.3 is 5.73 Å². The molecule has 0 radical (unpaired) electrons. The zero-order chi connectivity index (χ0) is 11.7. The van der Waals surface area contributed by atoms with Gasteiger partial charge in [0.05, 0.1) is 0 Å². The number of carbonyl (C=O) groups is 1. The van der Waals surface area contributed by atoms with Gasteiger partial charge in [-0.3, -0.25) is 9.36 Å². The molecule has 2 heterocycles. The molecule has 0 saturated carbocycles. The van der Waals surface area contributed by atoms with Gasteiger partial charge in [0.15, 0.2) is 11.5 Å². The summed E-state index contributed by atoms with van der Waals surface area (Å²) in [5.41, 5.74) is 6.95. The molecule has 2 aromatic rings. The number of nitrogens with two attached hydrogens (primary N) is 1. The highest BCUT2D eigenvalue weighted by Gasteiger charge is 2.06. The van der Waals surface area contributed by atoms with Gasteiger partial charge >= 0.3 is 0 Å². The molecule has 7 heteroatoms. The molecule has 16 heavy (non-hydrogen) atoms. The second-order valence-electron chi connectivity index (χ2n) is 3.22. The number of anilines is 1. The lowest BCUT2D eigenvalue weighted by atomic mass is 10.4. The van der Waals surface area contributed by atoms with Crippen LogP contribution >= 0.6 is 0 Å². The number of aryl methyl sites for hydroxylation is 1. The third-order valence-electron chi connectivity index (χ3n) is 2.02. The number of fused-ring (bicyclic) bond motifs is 1. The van der Waals surface area contributed by atoms with E-state index in [0.29, 0.717) is 11.2 Å². The lowest BCUT2D eigenvalue weighted by Gasteiger charge is -2.05. The van der Waals surface area contributed by atoms with Gasteiger partial charge in [-0.2, -0.15) is 9.98 Å². The summed E-state index contributed by atoms with van der Waals surface area (Å²) in [5.74, 6) is -0.132. The van der Waals surface area contributed by atoms with Crippen molar-refractivity contribution in [1.29, 1.82) is 0 Å². The molecule has 2 N–H and O–H groups in total. The number of hydrogen-bond donors (Lipinski definition) is 1. The Kier molecular flexibility index (Phi) is 2.35. The Morgan fingerprint density at radius 2 is 2.12 bits per heavy atom. The monoisotopic (exact) mass is 218 g/mol. The Hall–Kier alpha value is -2.31. The second kappa shape index (κ2) is 3.69. The van der Waals surface area contributed by atoms with Crippen LogP contribution in [0.1, 0.15) is 6.92 Å².